The quantitative estimate of drug-likeness (QED) is 0.650. The maximum Gasteiger partial charge on any atom is 0.347 e. The summed E-state index contributed by atoms with van der Waals surface area (Å²) in [6.45, 7) is 4.83. The van der Waals surface area contributed by atoms with Crippen molar-refractivity contribution < 1.29 is 24.2 Å². The molecule has 0 saturated carbocycles. The predicted octanol–water partition coefficient (Wildman–Crippen LogP) is 0.252. The highest BCUT2D eigenvalue weighted by molar-refractivity contribution is 5.80. The second-order valence-corrected chi connectivity index (χ2v) is 2.92. The SMILES string of the molecule is CCCOC(=O)[C@H](C)OC(=O)[C@@H](C)O. The van der Waals surface area contributed by atoms with Crippen molar-refractivity contribution in [1.82, 2.24) is 0 Å². The summed E-state index contributed by atoms with van der Waals surface area (Å²) in [5.41, 5.74) is 0. The maximum absolute atomic E-state index is 11.1. The van der Waals surface area contributed by atoms with E-state index in [0.29, 0.717) is 13.0 Å². The van der Waals surface area contributed by atoms with Gasteiger partial charge < -0.3 is 14.6 Å². The van der Waals surface area contributed by atoms with Gasteiger partial charge in [-0.1, -0.05) is 6.92 Å². The molecule has 0 heterocycles. The van der Waals surface area contributed by atoms with E-state index in [9.17, 15) is 9.59 Å². The summed E-state index contributed by atoms with van der Waals surface area (Å²) >= 11 is 0. The minimum absolute atomic E-state index is 0.301. The zero-order chi connectivity index (χ0) is 11.1. The molecular weight excluding hydrogens is 188 g/mol. The third kappa shape index (κ3) is 4.81. The normalized spacial score (nSPS) is 14.3. The van der Waals surface area contributed by atoms with Gasteiger partial charge in [0.25, 0.3) is 0 Å². The molecule has 0 aromatic heterocycles. The minimum atomic E-state index is -1.23. The molecule has 0 amide bonds. The number of esters is 2. The van der Waals surface area contributed by atoms with Crippen molar-refractivity contribution in [3.05, 3.63) is 0 Å². The fourth-order valence-corrected chi connectivity index (χ4v) is 0.641. The van der Waals surface area contributed by atoms with Crippen LogP contribution in [0.25, 0.3) is 0 Å². The lowest BCUT2D eigenvalue weighted by atomic mass is 10.4. The summed E-state index contributed by atoms with van der Waals surface area (Å²) in [7, 11) is 0. The van der Waals surface area contributed by atoms with Gasteiger partial charge in [0.15, 0.2) is 6.10 Å². The van der Waals surface area contributed by atoms with E-state index in [1.807, 2.05) is 6.92 Å². The number of hydrogen-bond donors (Lipinski definition) is 1. The molecule has 2 atom stereocenters. The van der Waals surface area contributed by atoms with E-state index in [1.165, 1.54) is 13.8 Å². The van der Waals surface area contributed by atoms with Gasteiger partial charge in [0.05, 0.1) is 6.61 Å². The highest BCUT2D eigenvalue weighted by Crippen LogP contribution is 1.98. The van der Waals surface area contributed by atoms with Crippen LogP contribution in [0.15, 0.2) is 0 Å². The van der Waals surface area contributed by atoms with Gasteiger partial charge in [-0.2, -0.15) is 0 Å². The van der Waals surface area contributed by atoms with E-state index in [1.54, 1.807) is 0 Å². The van der Waals surface area contributed by atoms with Crippen LogP contribution in [-0.2, 0) is 19.1 Å². The first-order valence-corrected chi connectivity index (χ1v) is 4.54. The van der Waals surface area contributed by atoms with Crippen LogP contribution in [0, 0.1) is 0 Å². The van der Waals surface area contributed by atoms with Crippen molar-refractivity contribution in [2.75, 3.05) is 6.61 Å². The van der Waals surface area contributed by atoms with Crippen LogP contribution >= 0.6 is 0 Å². The second-order valence-electron chi connectivity index (χ2n) is 2.92. The summed E-state index contributed by atoms with van der Waals surface area (Å²) in [6, 6.07) is 0. The first-order valence-electron chi connectivity index (χ1n) is 4.54. The number of rotatable bonds is 5. The second kappa shape index (κ2) is 6.37. The van der Waals surface area contributed by atoms with Gasteiger partial charge in [-0.3, -0.25) is 0 Å². The lowest BCUT2D eigenvalue weighted by molar-refractivity contribution is -0.171. The first kappa shape index (κ1) is 12.9. The molecule has 0 unspecified atom stereocenters. The van der Waals surface area contributed by atoms with Crippen LogP contribution in [0.3, 0.4) is 0 Å². The van der Waals surface area contributed by atoms with Crippen molar-refractivity contribution in [2.24, 2.45) is 0 Å². The van der Waals surface area contributed by atoms with Crippen LogP contribution in [0.1, 0.15) is 27.2 Å². The third-order valence-electron chi connectivity index (χ3n) is 1.41. The summed E-state index contributed by atoms with van der Waals surface area (Å²) in [6.07, 6.45) is -1.48. The molecule has 0 saturated heterocycles. The van der Waals surface area contributed by atoms with Crippen LogP contribution in [-0.4, -0.2) is 35.9 Å². The third-order valence-corrected chi connectivity index (χ3v) is 1.41. The van der Waals surface area contributed by atoms with E-state index in [0.717, 1.165) is 0 Å². The summed E-state index contributed by atoms with van der Waals surface area (Å²) in [4.78, 5) is 21.9. The molecule has 0 aliphatic rings. The van der Waals surface area contributed by atoms with Crippen LogP contribution in [0.5, 0.6) is 0 Å². The zero-order valence-electron chi connectivity index (χ0n) is 8.65. The molecule has 5 nitrogen and oxygen atoms in total. The van der Waals surface area contributed by atoms with E-state index < -0.39 is 24.1 Å². The number of aliphatic hydroxyl groups excluding tert-OH is 1. The molecule has 0 aromatic carbocycles. The Bertz CT molecular complexity index is 199. The van der Waals surface area contributed by atoms with Gasteiger partial charge in [-0.15, -0.1) is 0 Å². The average Bonchev–Trinajstić information content (AvgIpc) is 2.13. The molecule has 0 aliphatic heterocycles. The van der Waals surface area contributed by atoms with Gasteiger partial charge >= 0.3 is 11.9 Å². The molecule has 0 aromatic rings. The Morgan fingerprint density at radius 2 is 1.86 bits per heavy atom. The average molecular weight is 204 g/mol. The number of carbonyl (C=O) groups excluding carboxylic acids is 2. The molecule has 0 radical (unpaired) electrons. The minimum Gasteiger partial charge on any atom is -0.463 e. The largest absolute Gasteiger partial charge is 0.463 e. The summed E-state index contributed by atoms with van der Waals surface area (Å²) in [5.74, 6) is -1.42. The van der Waals surface area contributed by atoms with Gasteiger partial charge in [0.2, 0.25) is 0 Å². The topological polar surface area (TPSA) is 72.8 Å². The lowest BCUT2D eigenvalue weighted by Crippen LogP contribution is -2.30. The van der Waals surface area contributed by atoms with E-state index in [-0.39, 0.29) is 0 Å². The Hall–Kier alpha value is -1.10. The number of carbonyl (C=O) groups is 2. The molecule has 1 N–H and O–H groups in total. The molecule has 0 spiro atoms. The number of ether oxygens (including phenoxy) is 2. The van der Waals surface area contributed by atoms with Crippen molar-refractivity contribution in [1.29, 1.82) is 0 Å². The van der Waals surface area contributed by atoms with Gasteiger partial charge in [0, 0.05) is 0 Å². The fraction of sp³-hybridized carbons (Fsp3) is 0.778. The van der Waals surface area contributed by atoms with Crippen molar-refractivity contribution in [2.45, 2.75) is 39.4 Å². The van der Waals surface area contributed by atoms with Crippen LogP contribution in [0.2, 0.25) is 0 Å². The maximum atomic E-state index is 11.1. The first-order chi connectivity index (χ1) is 6.49. The molecule has 0 bridgehead atoms. The number of aliphatic hydroxyl groups is 1. The molecule has 0 rings (SSSR count). The Kier molecular flexibility index (Phi) is 5.87. The fourth-order valence-electron chi connectivity index (χ4n) is 0.641. The van der Waals surface area contributed by atoms with E-state index >= 15 is 0 Å². The molecule has 14 heavy (non-hydrogen) atoms. The zero-order valence-corrected chi connectivity index (χ0v) is 8.65. The Balaban J connectivity index is 3.89. The molecule has 0 aliphatic carbocycles. The summed E-state index contributed by atoms with van der Waals surface area (Å²) in [5, 5.41) is 8.80. The van der Waals surface area contributed by atoms with Gasteiger partial charge in [0.1, 0.15) is 6.10 Å². The molecule has 82 valence electrons. The van der Waals surface area contributed by atoms with E-state index in [2.05, 4.69) is 4.74 Å². The number of hydrogen-bond acceptors (Lipinski definition) is 5. The highest BCUT2D eigenvalue weighted by atomic mass is 16.6. The lowest BCUT2D eigenvalue weighted by Gasteiger charge is -2.13. The van der Waals surface area contributed by atoms with Crippen molar-refractivity contribution >= 4 is 11.9 Å². The standard InChI is InChI=1S/C9H16O5/c1-4-5-13-9(12)7(3)14-8(11)6(2)10/h6-7,10H,4-5H2,1-3H3/t6-,7+/m1/s1. The van der Waals surface area contributed by atoms with Crippen LogP contribution < -0.4 is 0 Å². The van der Waals surface area contributed by atoms with Gasteiger partial charge in [-0.05, 0) is 20.3 Å². The van der Waals surface area contributed by atoms with Crippen molar-refractivity contribution in [3.8, 4) is 0 Å². The van der Waals surface area contributed by atoms with Crippen LogP contribution in [0.4, 0.5) is 0 Å². The Labute approximate surface area is 83.0 Å². The summed E-state index contributed by atoms with van der Waals surface area (Å²) < 4.78 is 9.34. The Morgan fingerprint density at radius 1 is 1.29 bits per heavy atom. The molecule has 0 fully saturated rings. The molecule has 5 heteroatoms. The Morgan fingerprint density at radius 3 is 2.29 bits per heavy atom. The molecular formula is C9H16O5. The van der Waals surface area contributed by atoms with Gasteiger partial charge in [-0.25, -0.2) is 9.59 Å². The smallest absolute Gasteiger partial charge is 0.347 e. The van der Waals surface area contributed by atoms with Crippen molar-refractivity contribution in [3.63, 3.8) is 0 Å². The predicted molar refractivity (Wildman–Crippen MR) is 48.5 cm³/mol. The monoisotopic (exact) mass is 204 g/mol. The highest BCUT2D eigenvalue weighted by Gasteiger charge is 2.21. The van der Waals surface area contributed by atoms with E-state index in [4.69, 9.17) is 9.84 Å².